The highest BCUT2D eigenvalue weighted by molar-refractivity contribution is 5.16. The van der Waals surface area contributed by atoms with Gasteiger partial charge in [-0.25, -0.2) is 0 Å². The van der Waals surface area contributed by atoms with Gasteiger partial charge in [0, 0.05) is 6.54 Å². The van der Waals surface area contributed by atoms with Crippen LogP contribution in [-0.4, -0.2) is 58.7 Å². The third kappa shape index (κ3) is 3.93. The van der Waals surface area contributed by atoms with E-state index in [9.17, 15) is 10.2 Å². The molecule has 5 nitrogen and oxygen atoms in total. The lowest BCUT2D eigenvalue weighted by Crippen LogP contribution is -2.41. The summed E-state index contributed by atoms with van der Waals surface area (Å²) in [6.07, 6.45) is -0.301. The zero-order valence-electron chi connectivity index (χ0n) is 15.4. The molecule has 4 rings (SSSR count). The normalized spacial score (nSPS) is 30.5. The molecule has 2 heterocycles. The van der Waals surface area contributed by atoms with Crippen molar-refractivity contribution in [1.29, 1.82) is 0 Å². The minimum Gasteiger partial charge on any atom is -0.395 e. The molecule has 5 heteroatoms. The van der Waals surface area contributed by atoms with Gasteiger partial charge >= 0.3 is 0 Å². The first-order chi connectivity index (χ1) is 13.3. The number of hydrogen-bond acceptors (Lipinski definition) is 5. The first-order valence-corrected chi connectivity index (χ1v) is 9.63. The van der Waals surface area contributed by atoms with Crippen LogP contribution in [0.15, 0.2) is 60.7 Å². The SMILES string of the molecule is OC[C@@H]1[C@@H](OCc2ccccc2)[C@H](OCc2ccccc2)[C@H]2[C@H](O)CCN21. The molecule has 144 valence electrons. The maximum Gasteiger partial charge on any atom is 0.104 e. The Morgan fingerprint density at radius 2 is 1.41 bits per heavy atom. The van der Waals surface area contributed by atoms with Crippen LogP contribution in [-0.2, 0) is 22.7 Å². The fourth-order valence-electron chi connectivity index (χ4n) is 4.36. The van der Waals surface area contributed by atoms with Crippen molar-refractivity contribution in [2.45, 2.75) is 50.0 Å². The number of nitrogens with zero attached hydrogens (tertiary/aromatic N) is 1. The van der Waals surface area contributed by atoms with Crippen LogP contribution in [0, 0.1) is 0 Å². The second-order valence-electron chi connectivity index (χ2n) is 7.36. The minimum atomic E-state index is -0.454. The van der Waals surface area contributed by atoms with Gasteiger partial charge in [0.25, 0.3) is 0 Å². The van der Waals surface area contributed by atoms with Gasteiger partial charge in [0.1, 0.15) is 12.2 Å². The summed E-state index contributed by atoms with van der Waals surface area (Å²) in [5, 5.41) is 20.5. The van der Waals surface area contributed by atoms with Crippen molar-refractivity contribution in [3.05, 3.63) is 71.8 Å². The van der Waals surface area contributed by atoms with Crippen molar-refractivity contribution in [2.24, 2.45) is 0 Å². The largest absolute Gasteiger partial charge is 0.395 e. The van der Waals surface area contributed by atoms with Gasteiger partial charge in [-0.15, -0.1) is 0 Å². The molecule has 2 fully saturated rings. The van der Waals surface area contributed by atoms with E-state index in [4.69, 9.17) is 9.47 Å². The quantitative estimate of drug-likeness (QED) is 0.781. The van der Waals surface area contributed by atoms with E-state index < -0.39 is 6.10 Å². The molecular formula is C22H27NO4. The van der Waals surface area contributed by atoms with Gasteiger partial charge in [0.15, 0.2) is 0 Å². The van der Waals surface area contributed by atoms with Gasteiger partial charge < -0.3 is 19.7 Å². The Labute approximate surface area is 160 Å². The molecule has 2 aromatic carbocycles. The lowest BCUT2D eigenvalue weighted by Gasteiger charge is -2.27. The predicted molar refractivity (Wildman–Crippen MR) is 102 cm³/mol. The number of benzene rings is 2. The van der Waals surface area contributed by atoms with E-state index in [1.54, 1.807) is 0 Å². The fourth-order valence-corrected chi connectivity index (χ4v) is 4.36. The van der Waals surface area contributed by atoms with Gasteiger partial charge in [0.2, 0.25) is 0 Å². The zero-order chi connectivity index (χ0) is 18.6. The number of fused-ring (bicyclic) bond motifs is 1. The monoisotopic (exact) mass is 369 g/mol. The molecule has 0 spiro atoms. The summed E-state index contributed by atoms with van der Waals surface area (Å²) < 4.78 is 12.5. The maximum atomic E-state index is 10.5. The van der Waals surface area contributed by atoms with Crippen LogP contribution < -0.4 is 0 Å². The molecular weight excluding hydrogens is 342 g/mol. The van der Waals surface area contributed by atoms with Crippen LogP contribution in [0.5, 0.6) is 0 Å². The first-order valence-electron chi connectivity index (χ1n) is 9.63. The molecule has 2 aliphatic rings. The molecule has 0 aromatic heterocycles. The Morgan fingerprint density at radius 3 is 1.96 bits per heavy atom. The van der Waals surface area contributed by atoms with Crippen molar-refractivity contribution >= 4 is 0 Å². The number of ether oxygens (including phenoxy) is 2. The zero-order valence-corrected chi connectivity index (χ0v) is 15.4. The summed E-state index contributed by atoms with van der Waals surface area (Å²) in [4.78, 5) is 2.16. The van der Waals surface area contributed by atoms with E-state index in [1.807, 2.05) is 60.7 Å². The van der Waals surface area contributed by atoms with Gasteiger partial charge in [-0.3, -0.25) is 4.90 Å². The fraction of sp³-hybridized carbons (Fsp3) is 0.455. The molecule has 2 aliphatic heterocycles. The Kier molecular flexibility index (Phi) is 5.86. The van der Waals surface area contributed by atoms with E-state index in [0.717, 1.165) is 17.7 Å². The van der Waals surface area contributed by atoms with E-state index >= 15 is 0 Å². The molecule has 0 unspecified atom stereocenters. The number of hydrogen-bond donors (Lipinski definition) is 2. The van der Waals surface area contributed by atoms with E-state index in [1.165, 1.54) is 0 Å². The third-order valence-corrected chi connectivity index (χ3v) is 5.68. The van der Waals surface area contributed by atoms with Crippen molar-refractivity contribution in [2.75, 3.05) is 13.2 Å². The minimum absolute atomic E-state index is 0.00608. The maximum absolute atomic E-state index is 10.5. The number of aliphatic hydroxyl groups is 2. The van der Waals surface area contributed by atoms with Crippen molar-refractivity contribution in [3.8, 4) is 0 Å². The first kappa shape index (κ1) is 18.6. The van der Waals surface area contributed by atoms with Crippen LogP contribution in [0.4, 0.5) is 0 Å². The summed E-state index contributed by atoms with van der Waals surface area (Å²) >= 11 is 0. The standard InChI is InChI=1S/C22H27NO4/c24-13-18-21(26-14-16-7-3-1-4-8-16)22(20-19(25)11-12-23(18)20)27-15-17-9-5-2-6-10-17/h1-10,18-22,24-25H,11-15H2/t18-,19-,20-,21-,22-/m1/s1. The van der Waals surface area contributed by atoms with Crippen LogP contribution >= 0.6 is 0 Å². The van der Waals surface area contributed by atoms with Crippen molar-refractivity contribution in [1.82, 2.24) is 4.90 Å². The summed E-state index contributed by atoms with van der Waals surface area (Å²) in [6.45, 7) is 1.68. The summed E-state index contributed by atoms with van der Waals surface area (Å²) in [6, 6.07) is 19.7. The Hall–Kier alpha value is -1.76. The van der Waals surface area contributed by atoms with Gasteiger partial charge in [-0.2, -0.15) is 0 Å². The molecule has 0 radical (unpaired) electrons. The molecule has 0 amide bonds. The summed E-state index contributed by atoms with van der Waals surface area (Å²) in [7, 11) is 0. The molecule has 5 atom stereocenters. The molecule has 2 aromatic rings. The third-order valence-electron chi connectivity index (χ3n) is 5.68. The van der Waals surface area contributed by atoms with Gasteiger partial charge in [-0.1, -0.05) is 60.7 Å². The van der Waals surface area contributed by atoms with E-state index in [0.29, 0.717) is 19.6 Å². The second-order valence-corrected chi connectivity index (χ2v) is 7.36. The highest BCUT2D eigenvalue weighted by Crippen LogP contribution is 2.37. The highest BCUT2D eigenvalue weighted by Gasteiger charge is 2.55. The molecule has 0 aliphatic carbocycles. The Bertz CT molecular complexity index is 711. The smallest absolute Gasteiger partial charge is 0.104 e. The Balaban J connectivity index is 1.51. The van der Waals surface area contributed by atoms with Crippen LogP contribution in [0.2, 0.25) is 0 Å². The number of rotatable bonds is 7. The number of aliphatic hydroxyl groups excluding tert-OH is 2. The molecule has 0 bridgehead atoms. The lowest BCUT2D eigenvalue weighted by atomic mass is 10.0. The van der Waals surface area contributed by atoms with Crippen LogP contribution in [0.1, 0.15) is 17.5 Å². The Morgan fingerprint density at radius 1 is 0.852 bits per heavy atom. The summed E-state index contributed by atoms with van der Waals surface area (Å²) in [5.41, 5.74) is 2.18. The highest BCUT2D eigenvalue weighted by atomic mass is 16.5. The van der Waals surface area contributed by atoms with Crippen LogP contribution in [0.3, 0.4) is 0 Å². The van der Waals surface area contributed by atoms with E-state index in [-0.39, 0.29) is 30.9 Å². The van der Waals surface area contributed by atoms with Crippen LogP contribution in [0.25, 0.3) is 0 Å². The van der Waals surface area contributed by atoms with Gasteiger partial charge in [-0.05, 0) is 17.5 Å². The van der Waals surface area contributed by atoms with Crippen molar-refractivity contribution in [3.63, 3.8) is 0 Å². The average Bonchev–Trinajstić information content (AvgIpc) is 3.23. The second kappa shape index (κ2) is 8.50. The topological polar surface area (TPSA) is 62.2 Å². The average molecular weight is 369 g/mol. The summed E-state index contributed by atoms with van der Waals surface area (Å²) in [5.74, 6) is 0. The van der Waals surface area contributed by atoms with Crippen molar-refractivity contribution < 1.29 is 19.7 Å². The van der Waals surface area contributed by atoms with Gasteiger partial charge in [0.05, 0.1) is 38.0 Å². The van der Waals surface area contributed by atoms with E-state index in [2.05, 4.69) is 4.90 Å². The molecule has 27 heavy (non-hydrogen) atoms. The predicted octanol–water partition coefficient (Wildman–Crippen LogP) is 1.97. The lowest BCUT2D eigenvalue weighted by molar-refractivity contribution is -0.0919. The molecule has 0 saturated carbocycles. The molecule has 2 saturated heterocycles. The molecule has 2 N–H and O–H groups in total.